The fourth-order valence-electron chi connectivity index (χ4n) is 5.82. The van der Waals surface area contributed by atoms with Crippen LogP contribution in [-0.4, -0.2) is 81.5 Å². The standard InChI is InChI=1S/C30H39F2N7O2/c1-3-12-38(19-21(2)20-40)23-10-8-22(9-11-23)18-33-30-35-26(37-13-15-41-16-14-37)17-27(36-30)39-25-7-5-4-6-24(25)34-29(39)28(31)32/h3-7,17,20,22-23,28,40H,1,8-16,18-19H2,2H3,(H,33,35,36)/b21-20+. The molecule has 1 saturated carbocycles. The molecular weight excluding hydrogens is 528 g/mol. The van der Waals surface area contributed by atoms with Crippen LogP contribution in [0.15, 0.2) is 54.8 Å². The van der Waals surface area contributed by atoms with Crippen molar-refractivity contribution in [2.24, 2.45) is 5.92 Å². The average molecular weight is 568 g/mol. The van der Waals surface area contributed by atoms with Crippen molar-refractivity contribution < 1.29 is 18.6 Å². The van der Waals surface area contributed by atoms with Gasteiger partial charge in [0.05, 0.1) is 30.5 Å². The van der Waals surface area contributed by atoms with Gasteiger partial charge in [-0.15, -0.1) is 6.58 Å². The number of nitrogens with zero attached hydrogens (tertiary/aromatic N) is 6. The number of morpholine rings is 1. The first-order chi connectivity index (χ1) is 20.0. The van der Waals surface area contributed by atoms with Crippen LogP contribution in [0.25, 0.3) is 16.9 Å². The number of nitrogens with one attached hydrogen (secondary N) is 1. The number of aliphatic hydroxyl groups excluding tert-OH is 1. The number of alkyl halides is 2. The van der Waals surface area contributed by atoms with E-state index >= 15 is 0 Å². The summed E-state index contributed by atoms with van der Waals surface area (Å²) < 4.78 is 35.2. The number of imidazole rings is 1. The number of ether oxygens (including phenoxy) is 1. The van der Waals surface area contributed by atoms with Crippen molar-refractivity contribution >= 4 is 22.8 Å². The van der Waals surface area contributed by atoms with E-state index in [0.29, 0.717) is 73.4 Å². The molecule has 1 aliphatic carbocycles. The lowest BCUT2D eigenvalue weighted by Crippen LogP contribution is -2.40. The Kier molecular flexibility index (Phi) is 9.45. The largest absolute Gasteiger partial charge is 0.516 e. The molecule has 1 aromatic carbocycles. The minimum absolute atomic E-state index is 0.336. The highest BCUT2D eigenvalue weighted by atomic mass is 19.3. The molecule has 0 amide bonds. The second kappa shape index (κ2) is 13.4. The third-order valence-electron chi connectivity index (χ3n) is 7.96. The van der Waals surface area contributed by atoms with E-state index in [-0.39, 0.29) is 5.82 Å². The number of para-hydroxylation sites is 2. The zero-order valence-corrected chi connectivity index (χ0v) is 23.6. The van der Waals surface area contributed by atoms with Gasteiger partial charge < -0.3 is 20.1 Å². The van der Waals surface area contributed by atoms with Gasteiger partial charge in [0.15, 0.2) is 5.82 Å². The molecule has 2 N–H and O–H groups in total. The number of rotatable bonds is 11. The quantitative estimate of drug-likeness (QED) is 0.232. The van der Waals surface area contributed by atoms with Gasteiger partial charge in [-0.05, 0) is 56.2 Å². The molecule has 1 aliphatic heterocycles. The van der Waals surface area contributed by atoms with Crippen molar-refractivity contribution in [2.75, 3.05) is 56.2 Å². The molecule has 0 radical (unpaired) electrons. The Hall–Kier alpha value is -3.57. The predicted octanol–water partition coefficient (Wildman–Crippen LogP) is 5.51. The molecular formula is C30H39F2N7O2. The van der Waals surface area contributed by atoms with E-state index in [1.54, 1.807) is 24.3 Å². The molecule has 2 aliphatic rings. The van der Waals surface area contributed by atoms with Gasteiger partial charge in [-0.3, -0.25) is 9.47 Å². The number of aromatic nitrogens is 4. The summed E-state index contributed by atoms with van der Waals surface area (Å²) in [6.07, 6.45) is 4.54. The van der Waals surface area contributed by atoms with Crippen molar-refractivity contribution in [3.05, 3.63) is 60.6 Å². The highest BCUT2D eigenvalue weighted by Gasteiger charge is 2.27. The molecule has 5 rings (SSSR count). The van der Waals surface area contributed by atoms with Gasteiger partial charge in [-0.2, -0.15) is 9.97 Å². The lowest BCUT2D eigenvalue weighted by atomic mass is 9.85. The van der Waals surface area contributed by atoms with E-state index in [0.717, 1.165) is 44.3 Å². The molecule has 2 fully saturated rings. The summed E-state index contributed by atoms with van der Waals surface area (Å²) in [6, 6.07) is 9.32. The van der Waals surface area contributed by atoms with Crippen LogP contribution < -0.4 is 10.2 Å². The molecule has 0 unspecified atom stereocenters. The Bertz CT molecular complexity index is 1350. The number of halogens is 2. The van der Waals surface area contributed by atoms with Crippen LogP contribution in [-0.2, 0) is 4.74 Å². The fourth-order valence-corrected chi connectivity index (χ4v) is 5.82. The summed E-state index contributed by atoms with van der Waals surface area (Å²) in [5, 5.41) is 12.8. The highest BCUT2D eigenvalue weighted by Crippen LogP contribution is 2.31. The number of aliphatic hydroxyl groups is 1. The fraction of sp³-hybridized carbons (Fsp3) is 0.500. The average Bonchev–Trinajstić information content (AvgIpc) is 3.40. The van der Waals surface area contributed by atoms with Crippen molar-refractivity contribution in [2.45, 2.75) is 45.1 Å². The smallest absolute Gasteiger partial charge is 0.296 e. The normalized spacial score (nSPS) is 20.2. The first-order valence-corrected chi connectivity index (χ1v) is 14.3. The van der Waals surface area contributed by atoms with E-state index in [1.807, 2.05) is 19.1 Å². The van der Waals surface area contributed by atoms with E-state index in [2.05, 4.69) is 26.7 Å². The molecule has 220 valence electrons. The maximum atomic E-state index is 14.1. The maximum absolute atomic E-state index is 14.1. The SMILES string of the molecule is C=CCN(C/C(C)=C/O)C1CCC(CNc2nc(N3CCOCC3)cc(-n3c(C(F)F)nc4ccccc43)n2)CC1. The van der Waals surface area contributed by atoms with Crippen molar-refractivity contribution in [3.63, 3.8) is 0 Å². The molecule has 2 aromatic heterocycles. The van der Waals surface area contributed by atoms with Gasteiger partial charge in [-0.25, -0.2) is 13.8 Å². The second-order valence-electron chi connectivity index (χ2n) is 10.9. The Morgan fingerprint density at radius 2 is 1.88 bits per heavy atom. The van der Waals surface area contributed by atoms with Crippen molar-refractivity contribution in [3.8, 4) is 5.82 Å². The summed E-state index contributed by atoms with van der Waals surface area (Å²) in [5.41, 5.74) is 2.01. The summed E-state index contributed by atoms with van der Waals surface area (Å²) in [6.45, 7) is 10.5. The second-order valence-corrected chi connectivity index (χ2v) is 10.9. The van der Waals surface area contributed by atoms with Crippen LogP contribution >= 0.6 is 0 Å². The summed E-state index contributed by atoms with van der Waals surface area (Å²) >= 11 is 0. The molecule has 3 heterocycles. The number of anilines is 2. The molecule has 1 saturated heterocycles. The van der Waals surface area contributed by atoms with E-state index < -0.39 is 6.43 Å². The van der Waals surface area contributed by atoms with E-state index in [9.17, 15) is 13.9 Å². The van der Waals surface area contributed by atoms with Gasteiger partial charge >= 0.3 is 0 Å². The first-order valence-electron chi connectivity index (χ1n) is 14.3. The third kappa shape index (κ3) is 6.84. The van der Waals surface area contributed by atoms with Crippen molar-refractivity contribution in [1.82, 2.24) is 24.4 Å². The topological polar surface area (TPSA) is 91.6 Å². The third-order valence-corrected chi connectivity index (χ3v) is 7.96. The van der Waals surface area contributed by atoms with Gasteiger partial charge in [0, 0.05) is 44.8 Å². The molecule has 0 spiro atoms. The minimum atomic E-state index is -2.76. The highest BCUT2D eigenvalue weighted by molar-refractivity contribution is 5.78. The molecule has 0 bridgehead atoms. The van der Waals surface area contributed by atoms with Crippen LogP contribution in [0.4, 0.5) is 20.5 Å². The summed E-state index contributed by atoms with van der Waals surface area (Å²) in [4.78, 5) is 18.2. The Morgan fingerprint density at radius 3 is 2.59 bits per heavy atom. The zero-order valence-electron chi connectivity index (χ0n) is 23.6. The maximum Gasteiger partial charge on any atom is 0.296 e. The Morgan fingerprint density at radius 1 is 1.15 bits per heavy atom. The summed E-state index contributed by atoms with van der Waals surface area (Å²) in [5.74, 6) is 1.56. The summed E-state index contributed by atoms with van der Waals surface area (Å²) in [7, 11) is 0. The number of hydrogen-bond donors (Lipinski definition) is 2. The van der Waals surface area contributed by atoms with Crippen LogP contribution in [0.2, 0.25) is 0 Å². The Labute approximate surface area is 239 Å². The molecule has 11 heteroatoms. The van der Waals surface area contributed by atoms with Crippen molar-refractivity contribution in [1.29, 1.82) is 0 Å². The molecule has 3 aromatic rings. The molecule has 41 heavy (non-hydrogen) atoms. The van der Waals surface area contributed by atoms with Gasteiger partial charge in [-0.1, -0.05) is 18.2 Å². The van der Waals surface area contributed by atoms with Gasteiger partial charge in [0.25, 0.3) is 6.43 Å². The molecule has 9 nitrogen and oxygen atoms in total. The lowest BCUT2D eigenvalue weighted by molar-refractivity contribution is 0.122. The van der Waals surface area contributed by atoms with Crippen LogP contribution in [0.5, 0.6) is 0 Å². The van der Waals surface area contributed by atoms with Crippen LogP contribution in [0.3, 0.4) is 0 Å². The molecule has 0 atom stereocenters. The number of fused-ring (bicyclic) bond motifs is 1. The lowest BCUT2D eigenvalue weighted by Gasteiger charge is -2.36. The predicted molar refractivity (Wildman–Crippen MR) is 157 cm³/mol. The van der Waals surface area contributed by atoms with Crippen LogP contribution in [0.1, 0.15) is 44.9 Å². The number of hydrogen-bond acceptors (Lipinski definition) is 8. The van der Waals surface area contributed by atoms with Crippen LogP contribution in [0, 0.1) is 5.92 Å². The monoisotopic (exact) mass is 567 g/mol. The first kappa shape index (κ1) is 28.9. The minimum Gasteiger partial charge on any atom is -0.516 e. The van der Waals surface area contributed by atoms with E-state index in [4.69, 9.17) is 14.7 Å². The Balaban J connectivity index is 1.35. The van der Waals surface area contributed by atoms with Gasteiger partial charge in [0.2, 0.25) is 5.95 Å². The van der Waals surface area contributed by atoms with E-state index in [1.165, 1.54) is 10.8 Å². The number of benzene rings is 1. The van der Waals surface area contributed by atoms with Gasteiger partial charge in [0.1, 0.15) is 11.6 Å². The zero-order chi connectivity index (χ0) is 28.8.